The minimum absolute atomic E-state index is 0. The predicted octanol–water partition coefficient (Wildman–Crippen LogP) is 12.5. The zero-order valence-electron chi connectivity index (χ0n) is 38.6. The number of alkyl halides is 12. The summed E-state index contributed by atoms with van der Waals surface area (Å²) in [5.74, 6) is -0.311. The van der Waals surface area contributed by atoms with E-state index in [-0.39, 0.29) is 60.5 Å². The normalized spacial score (nSPS) is 11.9. The van der Waals surface area contributed by atoms with Crippen LogP contribution in [0.1, 0.15) is 22.3 Å². The van der Waals surface area contributed by atoms with Gasteiger partial charge < -0.3 is 29.1 Å². The van der Waals surface area contributed by atoms with Gasteiger partial charge in [-0.1, -0.05) is 60.7 Å². The van der Waals surface area contributed by atoms with Crippen molar-refractivity contribution in [1.82, 2.24) is 0 Å². The first-order chi connectivity index (χ1) is 32.3. The largest absolute Gasteiger partial charge is 2.00 e. The molecule has 0 amide bonds. The second-order valence-electron chi connectivity index (χ2n) is 15.3. The van der Waals surface area contributed by atoms with E-state index in [9.17, 15) is 52.7 Å². The number of halogens is 12. The summed E-state index contributed by atoms with van der Waals surface area (Å²) in [6, 6.07) is 26.8. The van der Waals surface area contributed by atoms with Crippen LogP contribution in [-0.2, 0) is 55.2 Å². The molecule has 0 saturated heterocycles. The van der Waals surface area contributed by atoms with Gasteiger partial charge in [0.15, 0.2) is 0 Å². The molecule has 6 rings (SSSR count). The van der Waals surface area contributed by atoms with E-state index in [4.69, 9.17) is 22.4 Å². The maximum absolute atomic E-state index is 14.2. The number of hydrogen-bond acceptors (Lipinski definition) is 7. The quantitative estimate of drug-likeness (QED) is 0.0583. The Hall–Kier alpha value is -5.52. The molecular weight excluding hydrogens is 1100 g/mol. The molecule has 23 heteroatoms. The molecule has 6 aromatic rings. The number of nitrogens with zero attached hydrogens (tertiary/aromatic N) is 3. The molecule has 0 N–H and O–H groups in total. The van der Waals surface area contributed by atoms with Gasteiger partial charge >= 0.3 is 45.1 Å². The van der Waals surface area contributed by atoms with Crippen LogP contribution in [0.3, 0.4) is 0 Å². The molecule has 0 aromatic heterocycles. The first-order valence-electron chi connectivity index (χ1n) is 20.1. The fraction of sp³-hybridized carbons (Fsp3) is 0.250. The standard InChI is InChI=1S/C34H29F12N2O2P.C13H12N.CH4O3S.Pd/c1-47(2)24-8-7-9-25(48(3)4)28(24)29-26(49-5)10-11-27(50-6)30(29)51(22-14-18(31(35,36)37)12-19(15-22)32(38,39)40)23-16-20(33(41,42)43)13-21(17-23)34(44,45)46;1-14-13-10-6-5-9-12(13)11-7-3-2-4-8-11;1-5(2,3)4;/h7-17H,1-6H3;2-10H,1H3;1H3,(H,2,3,4);/q;-1;;+2/p-1. The number of anilines is 2. The Balaban J connectivity index is 0.000000552. The SMILES string of the molecule is COc1ccc(OC)c(P(c2cc(C(F)(F)F)cc(C(F)(F)F)c2)c2cc(C(F)(F)F)cc(C(F)(F)F)c2)c1-c1c(N(C)C)cccc1N(C)C.CS(=O)(=O)[O-].C[N-]c1ccccc1-c1ccccc1.[Pd+2]. The van der Waals surface area contributed by atoms with Crippen molar-refractivity contribution in [2.75, 3.05) is 65.5 Å². The van der Waals surface area contributed by atoms with Crippen LogP contribution < -0.4 is 35.2 Å². The molecule has 0 radical (unpaired) electrons. The van der Waals surface area contributed by atoms with E-state index in [1.54, 1.807) is 56.2 Å². The maximum atomic E-state index is 14.2. The molecule has 0 spiro atoms. The second-order valence-corrected chi connectivity index (χ2v) is 18.9. The van der Waals surface area contributed by atoms with Gasteiger partial charge in [-0.2, -0.15) is 52.7 Å². The molecular formula is C48H44F12N3O5PPdS. The van der Waals surface area contributed by atoms with Crippen molar-refractivity contribution in [1.29, 1.82) is 0 Å². The summed E-state index contributed by atoms with van der Waals surface area (Å²) in [7, 11) is 3.49. The molecule has 71 heavy (non-hydrogen) atoms. The van der Waals surface area contributed by atoms with E-state index in [2.05, 4.69) is 23.5 Å². The van der Waals surface area contributed by atoms with Crippen LogP contribution in [0.2, 0.25) is 0 Å². The molecule has 0 fully saturated rings. The smallest absolute Gasteiger partial charge is 0.748 e. The summed E-state index contributed by atoms with van der Waals surface area (Å²) >= 11 is 0. The van der Waals surface area contributed by atoms with E-state index in [1.807, 2.05) is 43.4 Å². The zero-order valence-corrected chi connectivity index (χ0v) is 41.9. The van der Waals surface area contributed by atoms with E-state index < -0.39 is 75.6 Å². The van der Waals surface area contributed by atoms with E-state index in [0.717, 1.165) is 12.8 Å². The fourth-order valence-corrected chi connectivity index (χ4v) is 9.67. The molecule has 386 valence electrons. The Bertz CT molecular complexity index is 2690. The third-order valence-corrected chi connectivity index (χ3v) is 12.3. The number of methoxy groups -OCH3 is 2. The summed E-state index contributed by atoms with van der Waals surface area (Å²) < 4.78 is 209. The van der Waals surface area contributed by atoms with Crippen LogP contribution in [0, 0.1) is 0 Å². The minimum atomic E-state index is -5.40. The zero-order chi connectivity index (χ0) is 52.7. The number of benzene rings is 6. The second kappa shape index (κ2) is 23.8. The molecule has 0 saturated carbocycles. The van der Waals surface area contributed by atoms with Crippen LogP contribution >= 0.6 is 7.92 Å². The van der Waals surface area contributed by atoms with Gasteiger partial charge in [0, 0.05) is 62.3 Å². The summed E-state index contributed by atoms with van der Waals surface area (Å²) in [5.41, 5.74) is -2.84. The van der Waals surface area contributed by atoms with Crippen molar-refractivity contribution in [3.05, 3.63) is 149 Å². The van der Waals surface area contributed by atoms with E-state index in [0.29, 0.717) is 41.9 Å². The monoisotopic (exact) mass is 1140 g/mol. The number of hydrogen-bond donors (Lipinski definition) is 0. The van der Waals surface area contributed by atoms with Crippen molar-refractivity contribution >= 4 is 51.0 Å². The molecule has 6 aromatic carbocycles. The van der Waals surface area contributed by atoms with Crippen molar-refractivity contribution in [2.45, 2.75) is 24.7 Å². The molecule has 0 aliphatic carbocycles. The Morgan fingerprint density at radius 2 is 0.901 bits per heavy atom. The van der Waals surface area contributed by atoms with Gasteiger partial charge in [-0.25, -0.2) is 8.42 Å². The van der Waals surface area contributed by atoms with E-state index in [1.165, 1.54) is 30.4 Å². The van der Waals surface area contributed by atoms with Crippen molar-refractivity contribution in [3.8, 4) is 33.8 Å². The number of para-hydroxylation sites is 1. The average molecular weight is 1140 g/mol. The third kappa shape index (κ3) is 15.7. The Morgan fingerprint density at radius 1 is 0.535 bits per heavy atom. The molecule has 0 heterocycles. The van der Waals surface area contributed by atoms with Gasteiger partial charge in [0.25, 0.3) is 0 Å². The van der Waals surface area contributed by atoms with Gasteiger partial charge in [-0.3, -0.25) is 0 Å². The third-order valence-electron chi connectivity index (χ3n) is 9.89. The van der Waals surface area contributed by atoms with Gasteiger partial charge in [-0.05, 0) is 90.3 Å². The van der Waals surface area contributed by atoms with Gasteiger partial charge in [0.1, 0.15) is 11.5 Å². The summed E-state index contributed by atoms with van der Waals surface area (Å²) in [5, 5.41) is 2.23. The first-order valence-corrected chi connectivity index (χ1v) is 23.2. The maximum Gasteiger partial charge on any atom is 2.00 e. The minimum Gasteiger partial charge on any atom is -0.748 e. The Kier molecular flexibility index (Phi) is 20.0. The van der Waals surface area contributed by atoms with Crippen LogP contribution in [0.5, 0.6) is 11.5 Å². The van der Waals surface area contributed by atoms with Crippen LogP contribution in [0.25, 0.3) is 27.6 Å². The molecule has 0 atom stereocenters. The van der Waals surface area contributed by atoms with Gasteiger partial charge in [-0.15, -0.1) is 12.7 Å². The van der Waals surface area contributed by atoms with Crippen molar-refractivity contribution < 1.29 is 95.6 Å². The summed E-state index contributed by atoms with van der Waals surface area (Å²) in [4.78, 5) is 3.23. The summed E-state index contributed by atoms with van der Waals surface area (Å²) in [6.07, 6.45) is -21.0. The molecule has 0 bridgehead atoms. The number of rotatable bonds is 10. The molecule has 8 nitrogen and oxygen atoms in total. The van der Waals surface area contributed by atoms with E-state index >= 15 is 0 Å². The Labute approximate surface area is 417 Å². The molecule has 0 unspecified atom stereocenters. The van der Waals surface area contributed by atoms with Crippen LogP contribution in [0.15, 0.2) is 121 Å². The van der Waals surface area contributed by atoms with Gasteiger partial charge in [0.05, 0.1) is 46.6 Å². The van der Waals surface area contributed by atoms with Crippen molar-refractivity contribution in [2.24, 2.45) is 0 Å². The Morgan fingerprint density at radius 3 is 1.25 bits per heavy atom. The topological polar surface area (TPSA) is 96.2 Å². The van der Waals surface area contributed by atoms with Crippen molar-refractivity contribution in [3.63, 3.8) is 0 Å². The van der Waals surface area contributed by atoms with Crippen LogP contribution in [-0.4, -0.2) is 68.7 Å². The number of ether oxygens (including phenoxy) is 2. The van der Waals surface area contributed by atoms with Gasteiger partial charge in [0.2, 0.25) is 0 Å². The molecule has 0 aliphatic rings. The average Bonchev–Trinajstić information content (AvgIpc) is 3.27. The predicted molar refractivity (Wildman–Crippen MR) is 249 cm³/mol. The fourth-order valence-electron chi connectivity index (χ4n) is 6.95. The summed E-state index contributed by atoms with van der Waals surface area (Å²) in [6.45, 7) is 0. The first kappa shape index (κ1) is 59.8. The van der Waals surface area contributed by atoms with Crippen LogP contribution in [0.4, 0.5) is 69.7 Å². The molecule has 0 aliphatic heterocycles.